The number of H-pyrrole nitrogens is 2. The van der Waals surface area contributed by atoms with Crippen LogP contribution in [-0.4, -0.2) is 42.9 Å². The van der Waals surface area contributed by atoms with E-state index in [0.29, 0.717) is 30.4 Å². The third-order valence-electron chi connectivity index (χ3n) is 6.07. The highest BCUT2D eigenvalue weighted by molar-refractivity contribution is 5.77. The van der Waals surface area contributed by atoms with Crippen LogP contribution in [0.25, 0.3) is 11.2 Å². The Balaban J connectivity index is 1.33. The zero-order chi connectivity index (χ0) is 16.6. The summed E-state index contributed by atoms with van der Waals surface area (Å²) in [5.74, 6) is 3.12. The van der Waals surface area contributed by atoms with Gasteiger partial charge in [-0.05, 0) is 30.6 Å². The molecule has 2 saturated carbocycles. The Labute approximate surface area is 136 Å². The molecule has 2 aromatic rings. The number of aromatic amines is 2. The largest absolute Gasteiger partial charge is 0.339 e. The summed E-state index contributed by atoms with van der Waals surface area (Å²) in [7, 11) is 1.56. The van der Waals surface area contributed by atoms with Gasteiger partial charge in [-0.3, -0.25) is 19.1 Å². The minimum atomic E-state index is -0.492. The van der Waals surface area contributed by atoms with E-state index in [9.17, 15) is 14.4 Å². The lowest BCUT2D eigenvalue weighted by atomic mass is 10.1. The summed E-state index contributed by atoms with van der Waals surface area (Å²) >= 11 is 0. The number of aromatic nitrogens is 4. The summed E-state index contributed by atoms with van der Waals surface area (Å²) in [5.41, 5.74) is -0.364. The van der Waals surface area contributed by atoms with Crippen LogP contribution in [0.4, 0.5) is 0 Å². The number of imidazole rings is 1. The number of hydrogen-bond acceptors (Lipinski definition) is 4. The van der Waals surface area contributed by atoms with E-state index < -0.39 is 11.2 Å². The second-order valence-electron chi connectivity index (χ2n) is 7.37. The van der Waals surface area contributed by atoms with Gasteiger partial charge in [-0.2, -0.15) is 0 Å². The lowest BCUT2D eigenvalue weighted by molar-refractivity contribution is -0.133. The predicted octanol–water partition coefficient (Wildman–Crippen LogP) is -0.251. The number of nitrogens with zero attached hydrogens (tertiary/aromatic N) is 3. The zero-order valence-electron chi connectivity index (χ0n) is 13.4. The van der Waals surface area contributed by atoms with Crippen molar-refractivity contribution in [1.82, 2.24) is 24.4 Å². The van der Waals surface area contributed by atoms with Crippen molar-refractivity contribution in [2.75, 3.05) is 6.54 Å². The number of amides is 1. The van der Waals surface area contributed by atoms with Crippen LogP contribution in [0, 0.1) is 17.8 Å². The monoisotopic (exact) mass is 329 g/mol. The molecule has 24 heavy (non-hydrogen) atoms. The molecule has 3 aliphatic rings. The lowest BCUT2D eigenvalue weighted by Crippen LogP contribution is -2.39. The van der Waals surface area contributed by atoms with Gasteiger partial charge >= 0.3 is 5.69 Å². The molecule has 2 N–H and O–H groups in total. The first-order chi connectivity index (χ1) is 11.5. The molecule has 8 nitrogen and oxygen atoms in total. The maximum absolute atomic E-state index is 12.5. The van der Waals surface area contributed by atoms with E-state index >= 15 is 0 Å². The molecule has 3 heterocycles. The molecule has 4 atom stereocenters. The summed E-state index contributed by atoms with van der Waals surface area (Å²) < 4.78 is 1.30. The van der Waals surface area contributed by atoms with Gasteiger partial charge < -0.3 is 9.88 Å². The molecule has 0 aromatic carbocycles. The van der Waals surface area contributed by atoms with Gasteiger partial charge in [0.15, 0.2) is 5.65 Å². The van der Waals surface area contributed by atoms with Gasteiger partial charge in [0.2, 0.25) is 5.91 Å². The highest BCUT2D eigenvalue weighted by Crippen LogP contribution is 2.61. The number of carbonyl (C=O) groups is 1. The van der Waals surface area contributed by atoms with Crippen LogP contribution in [0.3, 0.4) is 0 Å². The second-order valence-corrected chi connectivity index (χ2v) is 7.37. The lowest BCUT2D eigenvalue weighted by Gasteiger charge is -2.26. The van der Waals surface area contributed by atoms with Gasteiger partial charge in [0.05, 0.1) is 0 Å². The molecule has 2 aromatic heterocycles. The Bertz CT molecular complexity index is 970. The number of fused-ring (bicyclic) bond motifs is 6. The van der Waals surface area contributed by atoms with Gasteiger partial charge in [-0.15, -0.1) is 0 Å². The van der Waals surface area contributed by atoms with Gasteiger partial charge in [-0.1, -0.05) is 0 Å². The molecule has 8 heteroatoms. The van der Waals surface area contributed by atoms with Gasteiger partial charge in [-0.25, -0.2) is 9.78 Å². The van der Waals surface area contributed by atoms with Crippen molar-refractivity contribution in [3.63, 3.8) is 0 Å². The van der Waals surface area contributed by atoms with E-state index in [2.05, 4.69) is 19.9 Å². The Hall–Kier alpha value is -2.38. The molecule has 1 aliphatic heterocycles. The number of aryl methyl sites for hydroxylation is 2. The normalized spacial score (nSPS) is 30.1. The highest BCUT2D eigenvalue weighted by atomic mass is 16.2. The summed E-state index contributed by atoms with van der Waals surface area (Å²) in [6, 6.07) is 0.465. The first kappa shape index (κ1) is 14.0. The molecular formula is C16H19N5O3. The molecular weight excluding hydrogens is 310 g/mol. The second kappa shape index (κ2) is 4.58. The summed E-state index contributed by atoms with van der Waals surface area (Å²) in [6.07, 6.45) is 3.32. The summed E-state index contributed by atoms with van der Waals surface area (Å²) in [6.45, 7) is 0.916. The smallest absolute Gasteiger partial charge is 0.329 e. The van der Waals surface area contributed by atoms with E-state index in [4.69, 9.17) is 0 Å². The number of nitrogens with one attached hydrogen (secondary N) is 2. The van der Waals surface area contributed by atoms with Crippen molar-refractivity contribution in [2.24, 2.45) is 24.8 Å². The Morgan fingerprint density at radius 3 is 2.83 bits per heavy atom. The molecule has 0 radical (unpaired) electrons. The van der Waals surface area contributed by atoms with Crippen molar-refractivity contribution < 1.29 is 4.79 Å². The fourth-order valence-electron chi connectivity index (χ4n) is 4.76. The molecule has 2 aliphatic carbocycles. The van der Waals surface area contributed by atoms with E-state index in [0.717, 1.165) is 24.3 Å². The molecule has 5 rings (SSSR count). The first-order valence-electron chi connectivity index (χ1n) is 8.50. The highest BCUT2D eigenvalue weighted by Gasteiger charge is 2.61. The third-order valence-corrected chi connectivity index (χ3v) is 6.07. The molecule has 1 amide bonds. The molecule has 2 bridgehead atoms. The topological polar surface area (TPSA) is 104 Å². The number of carbonyl (C=O) groups excluding carboxylic acids is 1. The van der Waals surface area contributed by atoms with Crippen molar-refractivity contribution >= 4 is 17.1 Å². The maximum Gasteiger partial charge on any atom is 0.329 e. The summed E-state index contributed by atoms with van der Waals surface area (Å²) in [5, 5.41) is 0. The van der Waals surface area contributed by atoms with E-state index in [-0.39, 0.29) is 11.4 Å². The number of likely N-dealkylation sites (tertiary alicyclic amines) is 1. The van der Waals surface area contributed by atoms with Crippen LogP contribution in [0.15, 0.2) is 9.59 Å². The summed E-state index contributed by atoms with van der Waals surface area (Å²) in [4.78, 5) is 47.5. The fraction of sp³-hybridized carbons (Fsp3) is 0.625. The minimum absolute atomic E-state index is 0.177. The Kier molecular flexibility index (Phi) is 2.67. The Morgan fingerprint density at radius 1 is 1.25 bits per heavy atom. The molecule has 1 saturated heterocycles. The zero-order valence-corrected chi connectivity index (χ0v) is 13.4. The van der Waals surface area contributed by atoms with Gasteiger partial charge in [0, 0.05) is 32.5 Å². The average molecular weight is 329 g/mol. The van der Waals surface area contributed by atoms with Crippen LogP contribution in [0.5, 0.6) is 0 Å². The maximum atomic E-state index is 12.5. The molecule has 126 valence electrons. The quantitative estimate of drug-likeness (QED) is 0.810. The standard InChI is InChI=1S/C16H19N5O3/c1-20-14-13(15(23)19-16(20)24)17-11(18-14)2-3-12(22)21-6-7-4-10(21)9-5-8(7)9/h7-10H,2-6H2,1H3,(H,17,18)(H,19,23,24)/t7-,8-,9-,10-/m0/s1. The van der Waals surface area contributed by atoms with Crippen molar-refractivity contribution in [2.45, 2.75) is 31.7 Å². The van der Waals surface area contributed by atoms with E-state index in [1.54, 1.807) is 7.05 Å². The van der Waals surface area contributed by atoms with Crippen LogP contribution in [0.1, 0.15) is 25.1 Å². The number of piperidine rings is 1. The van der Waals surface area contributed by atoms with Crippen LogP contribution in [0.2, 0.25) is 0 Å². The minimum Gasteiger partial charge on any atom is -0.339 e. The van der Waals surface area contributed by atoms with Crippen LogP contribution >= 0.6 is 0 Å². The number of rotatable bonds is 3. The van der Waals surface area contributed by atoms with Crippen molar-refractivity contribution in [3.8, 4) is 0 Å². The molecule has 3 fully saturated rings. The number of hydrogen-bond donors (Lipinski definition) is 2. The van der Waals surface area contributed by atoms with Crippen molar-refractivity contribution in [1.29, 1.82) is 0 Å². The molecule has 0 unspecified atom stereocenters. The van der Waals surface area contributed by atoms with E-state index in [1.807, 2.05) is 0 Å². The van der Waals surface area contributed by atoms with Gasteiger partial charge in [0.1, 0.15) is 11.3 Å². The van der Waals surface area contributed by atoms with Crippen molar-refractivity contribution in [3.05, 3.63) is 26.7 Å². The SMILES string of the molecule is Cn1c(=O)[nH]c(=O)c2[nH]c(CCC(=O)N3C[C@@H]4C[C@H]3[C@H]3C[C@@H]43)nc21. The van der Waals surface area contributed by atoms with Gasteiger partial charge in [0.25, 0.3) is 5.56 Å². The third kappa shape index (κ3) is 1.85. The van der Waals surface area contributed by atoms with E-state index in [1.165, 1.54) is 17.4 Å². The van der Waals surface area contributed by atoms with Crippen LogP contribution < -0.4 is 11.2 Å². The Morgan fingerprint density at radius 2 is 2.08 bits per heavy atom. The first-order valence-corrected chi connectivity index (χ1v) is 8.50. The fourth-order valence-corrected chi connectivity index (χ4v) is 4.76. The van der Waals surface area contributed by atoms with Crippen LogP contribution in [-0.2, 0) is 18.3 Å². The molecule has 0 spiro atoms. The predicted molar refractivity (Wildman–Crippen MR) is 85.5 cm³/mol. The average Bonchev–Trinajstić information content (AvgIpc) is 2.94.